The van der Waals surface area contributed by atoms with Gasteiger partial charge in [-0.2, -0.15) is 5.10 Å². The van der Waals surface area contributed by atoms with Crippen LogP contribution in [0.1, 0.15) is 29.4 Å². The van der Waals surface area contributed by atoms with Gasteiger partial charge in [0.05, 0.1) is 28.5 Å². The van der Waals surface area contributed by atoms with Gasteiger partial charge in [0.2, 0.25) is 5.91 Å². The Bertz CT molecular complexity index is 1060. The summed E-state index contributed by atoms with van der Waals surface area (Å²) < 4.78 is 25.6. The normalized spacial score (nSPS) is 10.9. The molecule has 3 rings (SSSR count). The third kappa shape index (κ3) is 6.10. The van der Waals surface area contributed by atoms with Crippen LogP contribution in [0.25, 0.3) is 11.3 Å². The number of benzene rings is 1. The van der Waals surface area contributed by atoms with Crippen molar-refractivity contribution in [2.45, 2.75) is 26.2 Å². The Hall–Kier alpha value is -3.33. The number of aromatic nitrogens is 3. The summed E-state index contributed by atoms with van der Waals surface area (Å²) in [5.74, 6) is -0.760. The molecule has 0 unspecified atom stereocenters. The van der Waals surface area contributed by atoms with Crippen LogP contribution in [0.3, 0.4) is 0 Å². The Morgan fingerprint density at radius 1 is 1.22 bits per heavy atom. The lowest BCUT2D eigenvalue weighted by atomic mass is 10.1. The molecule has 0 atom stereocenters. The third-order valence-corrected chi connectivity index (χ3v) is 5.03. The molecular formula is C22H22ClF2N5O2. The van der Waals surface area contributed by atoms with Gasteiger partial charge in [0.1, 0.15) is 0 Å². The summed E-state index contributed by atoms with van der Waals surface area (Å²) in [6.07, 6.45) is 2.02. The zero-order valence-electron chi connectivity index (χ0n) is 17.3. The van der Waals surface area contributed by atoms with Crippen LogP contribution in [0.5, 0.6) is 0 Å². The van der Waals surface area contributed by atoms with Gasteiger partial charge in [-0.15, -0.1) is 0 Å². The van der Waals surface area contributed by atoms with E-state index in [9.17, 15) is 18.4 Å². The van der Waals surface area contributed by atoms with E-state index in [0.29, 0.717) is 23.4 Å². The number of hydrogen-bond donors (Lipinski definition) is 2. The van der Waals surface area contributed by atoms with Crippen LogP contribution < -0.4 is 10.2 Å². The van der Waals surface area contributed by atoms with Crippen LogP contribution in [0.2, 0.25) is 5.02 Å². The summed E-state index contributed by atoms with van der Waals surface area (Å²) in [5.41, 5.74) is 2.81. The molecule has 7 nitrogen and oxygen atoms in total. The summed E-state index contributed by atoms with van der Waals surface area (Å²) in [6.45, 7) is 0.982. The van der Waals surface area contributed by atoms with Gasteiger partial charge < -0.3 is 10.2 Å². The summed E-state index contributed by atoms with van der Waals surface area (Å²) in [7, 11) is 0. The lowest BCUT2D eigenvalue weighted by molar-refractivity contribution is -0.117. The zero-order valence-corrected chi connectivity index (χ0v) is 18.1. The number of nitrogens with zero attached hydrogens (tertiary/aromatic N) is 3. The van der Waals surface area contributed by atoms with E-state index in [-0.39, 0.29) is 16.6 Å². The number of anilines is 1. The predicted molar refractivity (Wildman–Crippen MR) is 118 cm³/mol. The van der Waals surface area contributed by atoms with Gasteiger partial charge in [-0.25, -0.2) is 8.78 Å². The molecule has 0 saturated heterocycles. The SMILES string of the molecule is CC(=O)N(CC(F)F)c1ccc(-c2ccc(C(=O)NCCCc3ccn[nH]3)cn2)cc1Cl. The topological polar surface area (TPSA) is 91.0 Å². The molecule has 0 aliphatic heterocycles. The molecule has 0 radical (unpaired) electrons. The lowest BCUT2D eigenvalue weighted by Crippen LogP contribution is -2.33. The maximum absolute atomic E-state index is 12.8. The van der Waals surface area contributed by atoms with Crippen molar-refractivity contribution in [3.8, 4) is 11.3 Å². The first-order valence-corrected chi connectivity index (χ1v) is 10.3. The highest BCUT2D eigenvalue weighted by molar-refractivity contribution is 6.34. The van der Waals surface area contributed by atoms with Gasteiger partial charge >= 0.3 is 0 Å². The number of aromatic amines is 1. The quantitative estimate of drug-likeness (QED) is 0.469. The number of pyridine rings is 1. The number of H-pyrrole nitrogens is 1. The number of halogens is 3. The Balaban J connectivity index is 1.63. The van der Waals surface area contributed by atoms with E-state index in [1.165, 1.54) is 19.2 Å². The van der Waals surface area contributed by atoms with Crippen LogP contribution in [0.15, 0.2) is 48.8 Å². The molecule has 32 heavy (non-hydrogen) atoms. The van der Waals surface area contributed by atoms with E-state index in [1.807, 2.05) is 6.07 Å². The van der Waals surface area contributed by atoms with Crippen molar-refractivity contribution in [1.82, 2.24) is 20.5 Å². The number of alkyl halides is 2. The average Bonchev–Trinajstić information content (AvgIpc) is 3.28. The lowest BCUT2D eigenvalue weighted by Gasteiger charge is -2.22. The smallest absolute Gasteiger partial charge is 0.256 e. The van der Waals surface area contributed by atoms with Crippen molar-refractivity contribution in [3.63, 3.8) is 0 Å². The molecule has 2 heterocycles. The maximum Gasteiger partial charge on any atom is 0.256 e. The molecular weight excluding hydrogens is 440 g/mol. The van der Waals surface area contributed by atoms with Gasteiger partial charge in [0.15, 0.2) is 0 Å². The second-order valence-electron chi connectivity index (χ2n) is 7.06. The molecule has 0 aliphatic rings. The van der Waals surface area contributed by atoms with Crippen molar-refractivity contribution >= 4 is 29.1 Å². The van der Waals surface area contributed by atoms with E-state index in [1.54, 1.807) is 30.5 Å². The highest BCUT2D eigenvalue weighted by atomic mass is 35.5. The van der Waals surface area contributed by atoms with Crippen LogP contribution >= 0.6 is 11.6 Å². The first-order chi connectivity index (χ1) is 15.3. The van der Waals surface area contributed by atoms with E-state index < -0.39 is 18.9 Å². The van der Waals surface area contributed by atoms with Crippen LogP contribution in [0, 0.1) is 0 Å². The number of carbonyl (C=O) groups excluding carboxylic acids is 2. The standard InChI is InChI=1S/C22H22ClF2N5O2/c1-14(31)30(13-21(24)25)20-7-5-15(11-18(20)23)19-6-4-16(12-27-19)22(32)26-9-2-3-17-8-10-28-29-17/h4-8,10-12,21H,2-3,9,13H2,1H3,(H,26,32)(H,28,29). The number of aryl methyl sites for hydroxylation is 1. The van der Waals surface area contributed by atoms with Crippen molar-refractivity contribution in [2.24, 2.45) is 0 Å². The van der Waals surface area contributed by atoms with Crippen molar-refractivity contribution in [1.29, 1.82) is 0 Å². The molecule has 2 aromatic heterocycles. The van der Waals surface area contributed by atoms with Crippen molar-refractivity contribution in [2.75, 3.05) is 18.0 Å². The first kappa shape index (κ1) is 23.3. The highest BCUT2D eigenvalue weighted by Crippen LogP contribution is 2.31. The second-order valence-corrected chi connectivity index (χ2v) is 7.47. The van der Waals surface area contributed by atoms with E-state index in [4.69, 9.17) is 11.6 Å². The summed E-state index contributed by atoms with van der Waals surface area (Å²) in [4.78, 5) is 29.2. The molecule has 2 amide bonds. The number of amides is 2. The number of nitrogens with one attached hydrogen (secondary N) is 2. The molecule has 0 fully saturated rings. The molecule has 1 aromatic carbocycles. The first-order valence-electron chi connectivity index (χ1n) is 9.94. The third-order valence-electron chi connectivity index (χ3n) is 4.73. The van der Waals surface area contributed by atoms with Gasteiger partial charge in [-0.05, 0) is 43.2 Å². The summed E-state index contributed by atoms with van der Waals surface area (Å²) >= 11 is 6.25. The van der Waals surface area contributed by atoms with E-state index in [0.717, 1.165) is 23.4 Å². The van der Waals surface area contributed by atoms with E-state index >= 15 is 0 Å². The monoisotopic (exact) mass is 461 g/mol. The number of carbonyl (C=O) groups is 2. The fourth-order valence-electron chi connectivity index (χ4n) is 3.13. The van der Waals surface area contributed by atoms with Crippen LogP contribution in [-0.4, -0.2) is 46.5 Å². The Kier molecular flexibility index (Phi) is 7.88. The summed E-state index contributed by atoms with van der Waals surface area (Å²) in [6, 6.07) is 9.90. The summed E-state index contributed by atoms with van der Waals surface area (Å²) in [5, 5.41) is 9.74. The van der Waals surface area contributed by atoms with Crippen molar-refractivity contribution in [3.05, 3.63) is 65.1 Å². The maximum atomic E-state index is 12.8. The molecule has 0 aliphatic carbocycles. The molecule has 0 saturated carbocycles. The molecule has 10 heteroatoms. The average molecular weight is 462 g/mol. The van der Waals surface area contributed by atoms with Gasteiger partial charge in [0.25, 0.3) is 12.3 Å². The van der Waals surface area contributed by atoms with Gasteiger partial charge in [-0.3, -0.25) is 19.7 Å². The largest absolute Gasteiger partial charge is 0.352 e. The number of rotatable bonds is 9. The number of hydrogen-bond acceptors (Lipinski definition) is 4. The fourth-order valence-corrected chi connectivity index (χ4v) is 3.41. The molecule has 0 spiro atoms. The van der Waals surface area contributed by atoms with Crippen molar-refractivity contribution < 1.29 is 18.4 Å². The minimum atomic E-state index is -2.68. The zero-order chi connectivity index (χ0) is 23.1. The highest BCUT2D eigenvalue weighted by Gasteiger charge is 2.19. The van der Waals surface area contributed by atoms with E-state index in [2.05, 4.69) is 20.5 Å². The molecule has 2 N–H and O–H groups in total. The Morgan fingerprint density at radius 2 is 2.03 bits per heavy atom. The minimum Gasteiger partial charge on any atom is -0.352 e. The fraction of sp³-hybridized carbons (Fsp3) is 0.273. The second kappa shape index (κ2) is 10.8. The Morgan fingerprint density at radius 3 is 2.62 bits per heavy atom. The van der Waals surface area contributed by atoms with Crippen LogP contribution in [-0.2, 0) is 11.2 Å². The van der Waals surface area contributed by atoms with Gasteiger partial charge in [0, 0.05) is 37.1 Å². The molecule has 168 valence electrons. The predicted octanol–water partition coefficient (Wildman–Crippen LogP) is 4.11. The Labute approximate surface area is 188 Å². The molecule has 3 aromatic rings. The van der Waals surface area contributed by atoms with Gasteiger partial charge in [-0.1, -0.05) is 17.7 Å². The molecule has 0 bridgehead atoms. The van der Waals surface area contributed by atoms with Crippen LogP contribution in [0.4, 0.5) is 14.5 Å². The minimum absolute atomic E-state index is 0.152.